The molecule has 1 aliphatic carbocycles. The summed E-state index contributed by atoms with van der Waals surface area (Å²) in [6, 6.07) is 13.5. The molecule has 178 valence electrons. The van der Waals surface area contributed by atoms with Crippen molar-refractivity contribution < 1.29 is 22.4 Å². The zero-order chi connectivity index (χ0) is 24.0. The molecule has 1 fully saturated rings. The maximum absolute atomic E-state index is 13.8. The van der Waals surface area contributed by atoms with Crippen molar-refractivity contribution in [3.63, 3.8) is 0 Å². The third-order valence-electron chi connectivity index (χ3n) is 5.84. The second-order valence-electron chi connectivity index (χ2n) is 8.42. The van der Waals surface area contributed by atoms with Crippen molar-refractivity contribution in [3.8, 4) is 0 Å². The van der Waals surface area contributed by atoms with E-state index in [2.05, 4.69) is 5.32 Å². The van der Waals surface area contributed by atoms with E-state index in [1.54, 1.807) is 6.92 Å². The van der Waals surface area contributed by atoms with E-state index in [9.17, 15) is 22.4 Å². The third kappa shape index (κ3) is 6.77. The lowest BCUT2D eigenvalue weighted by molar-refractivity contribution is -0.139. The minimum Gasteiger partial charge on any atom is -0.352 e. The second kappa shape index (κ2) is 10.8. The largest absolute Gasteiger partial charge is 0.352 e. The van der Waals surface area contributed by atoms with Crippen LogP contribution in [-0.2, 0) is 26.2 Å². The predicted molar refractivity (Wildman–Crippen MR) is 125 cm³/mol. The predicted octanol–water partition coefficient (Wildman–Crippen LogP) is 3.07. The van der Waals surface area contributed by atoms with Gasteiger partial charge in [-0.3, -0.25) is 13.9 Å². The summed E-state index contributed by atoms with van der Waals surface area (Å²) in [5.41, 5.74) is 0.858. The average Bonchev–Trinajstić information content (AvgIpc) is 3.28. The fourth-order valence-corrected chi connectivity index (χ4v) is 4.84. The molecule has 0 bridgehead atoms. The fraction of sp³-hybridized carbons (Fsp3) is 0.417. The van der Waals surface area contributed by atoms with E-state index in [0.29, 0.717) is 0 Å². The first-order valence-electron chi connectivity index (χ1n) is 11.0. The number of rotatable bonds is 9. The molecule has 0 aliphatic heterocycles. The molecule has 1 N–H and O–H groups in total. The van der Waals surface area contributed by atoms with Crippen LogP contribution in [-0.4, -0.2) is 50.0 Å². The molecule has 3 rings (SSSR count). The normalized spacial score (nSPS) is 15.1. The summed E-state index contributed by atoms with van der Waals surface area (Å²) in [6.07, 6.45) is 4.90. The van der Waals surface area contributed by atoms with Gasteiger partial charge in [0.15, 0.2) is 0 Å². The molecule has 2 aromatic carbocycles. The Morgan fingerprint density at radius 2 is 1.76 bits per heavy atom. The van der Waals surface area contributed by atoms with Crippen LogP contribution in [0.15, 0.2) is 54.6 Å². The smallest absolute Gasteiger partial charge is 0.244 e. The molecule has 33 heavy (non-hydrogen) atoms. The molecule has 1 aliphatic rings. The summed E-state index contributed by atoms with van der Waals surface area (Å²) in [5.74, 6) is -1.44. The number of halogens is 1. The van der Waals surface area contributed by atoms with Gasteiger partial charge in [-0.15, -0.1) is 0 Å². The molecular formula is C24H30FN3O4S. The van der Waals surface area contributed by atoms with Crippen molar-refractivity contribution in [2.75, 3.05) is 17.1 Å². The molecule has 2 aromatic rings. The molecule has 0 saturated heterocycles. The van der Waals surface area contributed by atoms with Crippen molar-refractivity contribution in [3.05, 3.63) is 66.0 Å². The van der Waals surface area contributed by atoms with Gasteiger partial charge in [0.05, 0.1) is 11.9 Å². The monoisotopic (exact) mass is 475 g/mol. The van der Waals surface area contributed by atoms with Gasteiger partial charge in [0.25, 0.3) is 0 Å². The van der Waals surface area contributed by atoms with Gasteiger partial charge in [0, 0.05) is 12.6 Å². The van der Waals surface area contributed by atoms with Crippen LogP contribution >= 0.6 is 0 Å². The lowest BCUT2D eigenvalue weighted by atomic mass is 10.1. The maximum atomic E-state index is 13.8. The molecular weight excluding hydrogens is 445 g/mol. The number of anilines is 1. The highest BCUT2D eigenvalue weighted by molar-refractivity contribution is 7.92. The highest BCUT2D eigenvalue weighted by Gasteiger charge is 2.31. The number of sulfonamides is 1. The summed E-state index contributed by atoms with van der Waals surface area (Å²) < 4.78 is 39.5. The van der Waals surface area contributed by atoms with Crippen LogP contribution in [0.1, 0.15) is 38.2 Å². The highest BCUT2D eigenvalue weighted by Crippen LogP contribution is 2.21. The van der Waals surface area contributed by atoms with E-state index in [0.717, 1.165) is 47.9 Å². The van der Waals surface area contributed by atoms with E-state index in [-0.39, 0.29) is 24.2 Å². The molecule has 1 atom stereocenters. The Morgan fingerprint density at radius 3 is 2.36 bits per heavy atom. The van der Waals surface area contributed by atoms with Gasteiger partial charge in [-0.1, -0.05) is 49.2 Å². The summed E-state index contributed by atoms with van der Waals surface area (Å²) in [5, 5.41) is 3.01. The number of amides is 2. The van der Waals surface area contributed by atoms with Crippen LogP contribution in [0.2, 0.25) is 0 Å². The summed E-state index contributed by atoms with van der Waals surface area (Å²) >= 11 is 0. The first-order valence-corrected chi connectivity index (χ1v) is 12.9. The minimum atomic E-state index is -3.88. The Bertz CT molecular complexity index is 1070. The Hall–Kier alpha value is -2.94. The van der Waals surface area contributed by atoms with Gasteiger partial charge >= 0.3 is 0 Å². The van der Waals surface area contributed by atoms with E-state index >= 15 is 0 Å². The van der Waals surface area contributed by atoms with Crippen molar-refractivity contribution in [1.82, 2.24) is 10.2 Å². The number of carbonyl (C=O) groups is 2. The minimum absolute atomic E-state index is 0.0496. The van der Waals surface area contributed by atoms with Crippen LogP contribution in [0.3, 0.4) is 0 Å². The highest BCUT2D eigenvalue weighted by atomic mass is 32.2. The molecule has 0 aromatic heterocycles. The molecule has 0 unspecified atom stereocenters. The molecule has 1 saturated carbocycles. The Morgan fingerprint density at radius 1 is 1.09 bits per heavy atom. The number of nitrogens with one attached hydrogen (secondary N) is 1. The molecule has 7 nitrogen and oxygen atoms in total. The van der Waals surface area contributed by atoms with Gasteiger partial charge in [-0.05, 0) is 43.5 Å². The van der Waals surface area contributed by atoms with E-state index in [1.165, 1.54) is 23.1 Å². The average molecular weight is 476 g/mol. The second-order valence-corrected chi connectivity index (χ2v) is 10.3. The third-order valence-corrected chi connectivity index (χ3v) is 6.98. The lowest BCUT2D eigenvalue weighted by Gasteiger charge is -2.32. The van der Waals surface area contributed by atoms with Crippen molar-refractivity contribution in [2.45, 2.75) is 51.2 Å². The van der Waals surface area contributed by atoms with Crippen molar-refractivity contribution >= 4 is 27.5 Å². The Kier molecular flexibility index (Phi) is 8.07. The first-order chi connectivity index (χ1) is 15.6. The van der Waals surface area contributed by atoms with Gasteiger partial charge in [0.2, 0.25) is 21.8 Å². The molecule has 0 radical (unpaired) electrons. The van der Waals surface area contributed by atoms with Crippen LogP contribution in [0.25, 0.3) is 0 Å². The number of carbonyl (C=O) groups excluding carboxylic acids is 2. The Balaban J connectivity index is 1.85. The van der Waals surface area contributed by atoms with Crippen LogP contribution in [0, 0.1) is 5.82 Å². The Labute approximate surface area is 194 Å². The zero-order valence-electron chi connectivity index (χ0n) is 18.9. The molecule has 0 spiro atoms. The number of hydrogen-bond acceptors (Lipinski definition) is 4. The summed E-state index contributed by atoms with van der Waals surface area (Å²) in [4.78, 5) is 27.7. The van der Waals surface area contributed by atoms with Crippen molar-refractivity contribution in [1.29, 1.82) is 0 Å². The SMILES string of the molecule is C[C@@H](C(=O)NC1CCCC1)N(Cc1ccccc1)C(=O)CN(c1cccc(F)c1)S(C)(=O)=O. The van der Waals surface area contributed by atoms with Gasteiger partial charge in [0.1, 0.15) is 18.4 Å². The van der Waals surface area contributed by atoms with Crippen LogP contribution in [0.5, 0.6) is 0 Å². The van der Waals surface area contributed by atoms with Crippen molar-refractivity contribution in [2.24, 2.45) is 0 Å². The number of hydrogen-bond donors (Lipinski definition) is 1. The standard InChI is InChI=1S/C24H30FN3O4S/c1-18(24(30)26-21-12-6-7-13-21)27(16-19-9-4-3-5-10-19)23(29)17-28(33(2,31)32)22-14-8-11-20(25)15-22/h3-5,8-11,14-15,18,21H,6-7,12-13,16-17H2,1-2H3,(H,26,30)/t18-/m0/s1. The zero-order valence-corrected chi connectivity index (χ0v) is 19.7. The van der Waals surface area contributed by atoms with Gasteiger partial charge in [-0.2, -0.15) is 0 Å². The molecule has 2 amide bonds. The number of benzene rings is 2. The molecule has 9 heteroatoms. The maximum Gasteiger partial charge on any atom is 0.244 e. The first kappa shape index (κ1) is 24.7. The number of nitrogens with zero attached hydrogens (tertiary/aromatic N) is 2. The van der Waals surface area contributed by atoms with E-state index < -0.39 is 34.3 Å². The molecule has 0 heterocycles. The van der Waals surface area contributed by atoms with E-state index in [1.807, 2.05) is 30.3 Å². The summed E-state index contributed by atoms with van der Waals surface area (Å²) in [6.45, 7) is 1.23. The summed E-state index contributed by atoms with van der Waals surface area (Å²) in [7, 11) is -3.88. The lowest BCUT2D eigenvalue weighted by Crippen LogP contribution is -2.52. The van der Waals surface area contributed by atoms with Gasteiger partial charge in [-0.25, -0.2) is 12.8 Å². The fourth-order valence-electron chi connectivity index (χ4n) is 4.00. The van der Waals surface area contributed by atoms with E-state index in [4.69, 9.17) is 0 Å². The van der Waals surface area contributed by atoms with Gasteiger partial charge < -0.3 is 10.2 Å². The topological polar surface area (TPSA) is 86.8 Å². The van der Waals surface area contributed by atoms with Crippen LogP contribution in [0.4, 0.5) is 10.1 Å². The quantitative estimate of drug-likeness (QED) is 0.604. The van der Waals surface area contributed by atoms with Crippen LogP contribution < -0.4 is 9.62 Å².